The van der Waals surface area contributed by atoms with Gasteiger partial charge in [-0.25, -0.2) is 4.79 Å². The molecule has 1 heterocycles. The first-order valence-electron chi connectivity index (χ1n) is 6.19. The molecule has 1 aliphatic heterocycles. The van der Waals surface area contributed by atoms with E-state index in [9.17, 15) is 9.59 Å². The zero-order chi connectivity index (χ0) is 15.6. The molecule has 2 amide bonds. The second-order valence-corrected chi connectivity index (χ2v) is 6.04. The van der Waals surface area contributed by atoms with Gasteiger partial charge in [-0.05, 0) is 18.2 Å². The van der Waals surface area contributed by atoms with Crippen molar-refractivity contribution in [1.82, 2.24) is 4.90 Å². The highest BCUT2D eigenvalue weighted by atomic mass is 79.9. The molecule has 2 N–H and O–H groups in total. The highest BCUT2D eigenvalue weighted by Gasteiger charge is 2.38. The number of hydrogen-bond acceptors (Lipinski definition) is 3. The normalized spacial score (nSPS) is 21.1. The Labute approximate surface area is 135 Å². The fraction of sp³-hybridized carbons (Fsp3) is 0.385. The average molecular weight is 378 g/mol. The highest BCUT2D eigenvalue weighted by Crippen LogP contribution is 2.26. The maximum atomic E-state index is 12.2. The van der Waals surface area contributed by atoms with Gasteiger partial charge in [0.25, 0.3) is 0 Å². The van der Waals surface area contributed by atoms with E-state index in [1.54, 1.807) is 18.2 Å². The maximum absolute atomic E-state index is 12.2. The van der Waals surface area contributed by atoms with Gasteiger partial charge in [0.05, 0.1) is 30.0 Å². The van der Waals surface area contributed by atoms with E-state index in [1.807, 2.05) is 0 Å². The Kier molecular flexibility index (Phi) is 5.08. The lowest BCUT2D eigenvalue weighted by atomic mass is 10.0. The van der Waals surface area contributed by atoms with Crippen molar-refractivity contribution in [3.05, 3.63) is 27.7 Å². The first-order chi connectivity index (χ1) is 9.90. The van der Waals surface area contributed by atoms with Gasteiger partial charge in [0.2, 0.25) is 0 Å². The summed E-state index contributed by atoms with van der Waals surface area (Å²) in [5.41, 5.74) is 0.452. The number of amides is 2. The molecule has 1 aromatic carbocycles. The molecule has 1 aliphatic rings. The van der Waals surface area contributed by atoms with Crippen LogP contribution in [0, 0.1) is 5.92 Å². The van der Waals surface area contributed by atoms with Crippen LogP contribution in [-0.2, 0) is 9.53 Å². The maximum Gasteiger partial charge on any atom is 0.321 e. The number of carboxylic acid groups (broad SMARTS) is 1. The molecule has 0 saturated carbocycles. The minimum absolute atomic E-state index is 0.106. The van der Waals surface area contributed by atoms with E-state index in [1.165, 1.54) is 11.9 Å². The number of rotatable bonds is 3. The first kappa shape index (κ1) is 16.1. The number of urea groups is 1. The number of carbonyl (C=O) groups is 2. The quantitative estimate of drug-likeness (QED) is 0.849. The fourth-order valence-corrected chi connectivity index (χ4v) is 2.63. The number of aliphatic carboxylic acids is 1. The summed E-state index contributed by atoms with van der Waals surface area (Å²) in [6, 6.07) is 4.14. The minimum Gasteiger partial charge on any atom is -0.481 e. The van der Waals surface area contributed by atoms with Crippen molar-refractivity contribution in [2.75, 3.05) is 25.6 Å². The van der Waals surface area contributed by atoms with Crippen LogP contribution in [0.5, 0.6) is 0 Å². The lowest BCUT2D eigenvalue weighted by molar-refractivity contribution is -0.142. The molecule has 2 atom stereocenters. The Bertz CT molecular complexity index is 569. The molecule has 114 valence electrons. The number of nitrogens with zero attached hydrogens (tertiary/aromatic N) is 1. The van der Waals surface area contributed by atoms with E-state index in [0.29, 0.717) is 10.7 Å². The summed E-state index contributed by atoms with van der Waals surface area (Å²) in [4.78, 5) is 24.7. The largest absolute Gasteiger partial charge is 0.481 e. The third-order valence-electron chi connectivity index (χ3n) is 3.36. The summed E-state index contributed by atoms with van der Waals surface area (Å²) < 4.78 is 5.93. The van der Waals surface area contributed by atoms with Crippen molar-refractivity contribution in [3.8, 4) is 0 Å². The molecule has 6 nitrogen and oxygen atoms in total. The van der Waals surface area contributed by atoms with E-state index in [-0.39, 0.29) is 13.2 Å². The minimum atomic E-state index is -0.974. The van der Waals surface area contributed by atoms with Crippen LogP contribution in [0.25, 0.3) is 0 Å². The summed E-state index contributed by atoms with van der Waals surface area (Å²) in [5, 5.41) is 12.2. The Morgan fingerprint density at radius 2 is 2.19 bits per heavy atom. The molecular weight excluding hydrogens is 364 g/mol. The average Bonchev–Trinajstić information content (AvgIpc) is 2.91. The molecule has 1 saturated heterocycles. The number of likely N-dealkylation sites (N-methyl/N-ethyl adjacent to an activating group) is 1. The van der Waals surface area contributed by atoms with Gasteiger partial charge in [-0.2, -0.15) is 0 Å². The summed E-state index contributed by atoms with van der Waals surface area (Å²) in [5.74, 6) is -1.70. The number of ether oxygens (including phenoxy) is 1. The van der Waals surface area contributed by atoms with Crippen molar-refractivity contribution in [3.63, 3.8) is 0 Å². The van der Waals surface area contributed by atoms with Crippen molar-refractivity contribution in [2.45, 2.75) is 6.04 Å². The van der Waals surface area contributed by atoms with Crippen LogP contribution in [-0.4, -0.2) is 48.3 Å². The van der Waals surface area contributed by atoms with Crippen molar-refractivity contribution >= 4 is 45.2 Å². The number of benzene rings is 1. The molecule has 2 unspecified atom stereocenters. The lowest BCUT2D eigenvalue weighted by Gasteiger charge is -2.26. The van der Waals surface area contributed by atoms with Gasteiger partial charge in [0.15, 0.2) is 0 Å². The number of hydrogen-bond donors (Lipinski definition) is 2. The molecule has 1 aromatic rings. The third-order valence-corrected chi connectivity index (χ3v) is 4.18. The van der Waals surface area contributed by atoms with Gasteiger partial charge in [0, 0.05) is 11.5 Å². The van der Waals surface area contributed by atoms with Crippen LogP contribution in [0.15, 0.2) is 22.7 Å². The predicted octanol–water partition coefficient (Wildman–Crippen LogP) is 2.67. The molecule has 0 aromatic heterocycles. The van der Waals surface area contributed by atoms with Crippen LogP contribution in [0.2, 0.25) is 5.02 Å². The second-order valence-electron chi connectivity index (χ2n) is 4.71. The van der Waals surface area contributed by atoms with Crippen LogP contribution in [0.3, 0.4) is 0 Å². The topological polar surface area (TPSA) is 78.9 Å². The lowest BCUT2D eigenvalue weighted by Crippen LogP contribution is -2.45. The number of halogens is 2. The summed E-state index contributed by atoms with van der Waals surface area (Å²) >= 11 is 9.31. The fourth-order valence-electron chi connectivity index (χ4n) is 2.11. The van der Waals surface area contributed by atoms with E-state index in [2.05, 4.69) is 21.2 Å². The monoisotopic (exact) mass is 376 g/mol. The molecule has 1 fully saturated rings. The van der Waals surface area contributed by atoms with Crippen LogP contribution < -0.4 is 5.32 Å². The highest BCUT2D eigenvalue weighted by molar-refractivity contribution is 9.10. The van der Waals surface area contributed by atoms with E-state index in [0.717, 1.165) is 4.47 Å². The summed E-state index contributed by atoms with van der Waals surface area (Å²) in [6.45, 7) is 0.308. The van der Waals surface area contributed by atoms with E-state index >= 15 is 0 Å². The molecule has 21 heavy (non-hydrogen) atoms. The van der Waals surface area contributed by atoms with Crippen molar-refractivity contribution in [1.29, 1.82) is 0 Å². The Hall–Kier alpha value is -1.31. The predicted molar refractivity (Wildman–Crippen MR) is 81.7 cm³/mol. The number of nitrogens with one attached hydrogen (secondary N) is 1. The number of carbonyl (C=O) groups excluding carboxylic acids is 1. The van der Waals surface area contributed by atoms with Crippen molar-refractivity contribution in [2.24, 2.45) is 5.92 Å². The SMILES string of the molecule is CN(C(=O)Nc1cc(Br)ccc1Cl)C1COCC1C(=O)O. The zero-order valence-electron chi connectivity index (χ0n) is 11.2. The van der Waals surface area contributed by atoms with Crippen molar-refractivity contribution < 1.29 is 19.4 Å². The number of anilines is 1. The Morgan fingerprint density at radius 1 is 1.48 bits per heavy atom. The van der Waals surface area contributed by atoms with Crippen LogP contribution in [0.1, 0.15) is 0 Å². The van der Waals surface area contributed by atoms with Gasteiger partial charge in [-0.15, -0.1) is 0 Å². The van der Waals surface area contributed by atoms with Gasteiger partial charge in [0.1, 0.15) is 5.92 Å². The molecular formula is C13H14BrClN2O4. The smallest absolute Gasteiger partial charge is 0.321 e. The molecule has 2 rings (SSSR count). The van der Waals surface area contributed by atoms with Gasteiger partial charge < -0.3 is 20.1 Å². The van der Waals surface area contributed by atoms with Gasteiger partial charge >= 0.3 is 12.0 Å². The number of carboxylic acids is 1. The first-order valence-corrected chi connectivity index (χ1v) is 7.36. The van der Waals surface area contributed by atoms with E-state index in [4.69, 9.17) is 21.4 Å². The van der Waals surface area contributed by atoms with Crippen LogP contribution >= 0.6 is 27.5 Å². The zero-order valence-corrected chi connectivity index (χ0v) is 13.5. The summed E-state index contributed by atoms with van der Waals surface area (Å²) in [7, 11) is 1.54. The third kappa shape index (κ3) is 3.66. The van der Waals surface area contributed by atoms with E-state index < -0.39 is 24.0 Å². The summed E-state index contributed by atoms with van der Waals surface area (Å²) in [6.07, 6.45) is 0. The standard InChI is InChI=1S/C13H14BrClN2O4/c1-17(11-6-21-5-8(11)12(18)19)13(20)16-10-4-7(14)2-3-9(10)15/h2-4,8,11H,5-6H2,1H3,(H,16,20)(H,18,19). The molecule has 0 bridgehead atoms. The van der Waals surface area contributed by atoms with Crippen LogP contribution in [0.4, 0.5) is 10.5 Å². The Balaban J connectivity index is 2.09. The van der Waals surface area contributed by atoms with Gasteiger partial charge in [-0.1, -0.05) is 27.5 Å². The van der Waals surface area contributed by atoms with Gasteiger partial charge in [-0.3, -0.25) is 4.79 Å². The molecule has 0 aliphatic carbocycles. The Morgan fingerprint density at radius 3 is 2.86 bits per heavy atom. The molecule has 0 spiro atoms. The molecule has 0 radical (unpaired) electrons. The molecule has 8 heteroatoms. The second kappa shape index (κ2) is 6.64.